The molecule has 0 unspecified atom stereocenters. The highest BCUT2D eigenvalue weighted by Gasteiger charge is 2.47. The van der Waals surface area contributed by atoms with Gasteiger partial charge < -0.3 is 4.42 Å². The summed E-state index contributed by atoms with van der Waals surface area (Å²) in [6.45, 7) is 9.74. The van der Waals surface area contributed by atoms with E-state index < -0.39 is 19.1 Å². The van der Waals surface area contributed by atoms with Crippen molar-refractivity contribution < 1.29 is 14.0 Å². The second kappa shape index (κ2) is 9.16. The average Bonchev–Trinajstić information content (AvgIpc) is 3.40. The van der Waals surface area contributed by atoms with Crippen LogP contribution in [-0.2, 0) is 16.2 Å². The number of aromatic nitrogens is 1. The van der Waals surface area contributed by atoms with Crippen LogP contribution < -0.4 is 0 Å². The van der Waals surface area contributed by atoms with Crippen LogP contribution in [0.2, 0.25) is 0 Å². The number of pyridine rings is 1. The van der Waals surface area contributed by atoms with Gasteiger partial charge in [-0.2, -0.15) is 0 Å². The Kier molecular flexibility index (Phi) is 4.41. The Bertz CT molecular complexity index is 2350. The standard InChI is InChI=1S/C41H41NO/c1-24-21-26(39(3,4)5)17-18-27(24)33-22-35(42-23-25(33)2)32-15-12-14-30-31-20-19-29-28-13-10-11-16-34(28)40(6,7)41(8,9)36(29)38(31)43-37(30)32/h10-23H,1-9H3/i1D3,2D3,18D. The number of aryl methyl sites for hydroxylation is 2. The SMILES string of the molecule is [2H]c1cc(C(C)(C)C)cc(C([2H])([2H])[2H])c1-c1cc(-c2cccc3c2oc2c4c(ccc23)-c2ccccc2C(C)(C)C4(C)C)ncc1C([2H])([2H])[2H]. The lowest BCUT2D eigenvalue weighted by molar-refractivity contribution is 0.299. The summed E-state index contributed by atoms with van der Waals surface area (Å²) in [4.78, 5) is 4.65. The first-order valence-electron chi connectivity index (χ1n) is 18.4. The molecule has 2 heterocycles. The van der Waals surface area contributed by atoms with Gasteiger partial charge in [-0.05, 0) is 87.2 Å². The Morgan fingerprint density at radius 3 is 2.21 bits per heavy atom. The number of hydrogen-bond acceptors (Lipinski definition) is 2. The van der Waals surface area contributed by atoms with Gasteiger partial charge in [0.25, 0.3) is 0 Å². The van der Waals surface area contributed by atoms with Gasteiger partial charge in [0, 0.05) is 41.7 Å². The normalized spacial score (nSPS) is 18.4. The van der Waals surface area contributed by atoms with Crippen LogP contribution in [0.4, 0.5) is 0 Å². The highest BCUT2D eigenvalue weighted by molar-refractivity contribution is 6.12. The predicted octanol–water partition coefficient (Wildman–Crippen LogP) is 11.5. The summed E-state index contributed by atoms with van der Waals surface area (Å²) in [7, 11) is 0. The zero-order valence-electron chi connectivity index (χ0n) is 32.9. The van der Waals surface area contributed by atoms with Crippen LogP contribution in [0.25, 0.3) is 55.4 Å². The minimum absolute atomic E-state index is 0.0510. The molecule has 1 aliphatic carbocycles. The summed E-state index contributed by atoms with van der Waals surface area (Å²) in [6.07, 6.45) is 1.30. The molecule has 0 bridgehead atoms. The van der Waals surface area contributed by atoms with Crippen molar-refractivity contribution in [1.82, 2.24) is 4.98 Å². The number of rotatable bonds is 2. The number of nitrogens with zero attached hydrogens (tertiary/aromatic N) is 1. The zero-order chi connectivity index (χ0) is 36.3. The van der Waals surface area contributed by atoms with Crippen molar-refractivity contribution >= 4 is 21.9 Å². The Morgan fingerprint density at radius 1 is 0.698 bits per heavy atom. The molecule has 2 heteroatoms. The highest BCUT2D eigenvalue weighted by atomic mass is 16.3. The lowest BCUT2D eigenvalue weighted by atomic mass is 9.55. The predicted molar refractivity (Wildman–Crippen MR) is 182 cm³/mol. The van der Waals surface area contributed by atoms with Crippen molar-refractivity contribution in [3.8, 4) is 33.5 Å². The zero-order valence-corrected chi connectivity index (χ0v) is 25.9. The second-order valence-electron chi connectivity index (χ2n) is 14.0. The molecule has 6 aromatic rings. The van der Waals surface area contributed by atoms with Gasteiger partial charge in [-0.3, -0.25) is 4.98 Å². The van der Waals surface area contributed by atoms with Gasteiger partial charge in [0.2, 0.25) is 0 Å². The van der Waals surface area contributed by atoms with Gasteiger partial charge in [0.05, 0.1) is 7.06 Å². The number of para-hydroxylation sites is 1. The van der Waals surface area contributed by atoms with E-state index in [9.17, 15) is 0 Å². The van der Waals surface area contributed by atoms with E-state index in [0.717, 1.165) is 27.5 Å². The number of benzene rings is 4. The lowest BCUT2D eigenvalue weighted by Crippen LogP contribution is -2.43. The van der Waals surface area contributed by atoms with Crippen LogP contribution in [0.1, 0.15) is 85.9 Å². The number of fused-ring (bicyclic) bond motifs is 7. The first-order chi connectivity index (χ1) is 23.1. The van der Waals surface area contributed by atoms with Gasteiger partial charge in [0.15, 0.2) is 0 Å². The van der Waals surface area contributed by atoms with Crippen molar-refractivity contribution in [2.75, 3.05) is 0 Å². The summed E-state index contributed by atoms with van der Waals surface area (Å²) < 4.78 is 66.4. The second-order valence-corrected chi connectivity index (χ2v) is 14.0. The van der Waals surface area contributed by atoms with Crippen LogP contribution in [0.15, 0.2) is 89.5 Å². The fraction of sp³-hybridized carbons (Fsp3) is 0.293. The summed E-state index contributed by atoms with van der Waals surface area (Å²) >= 11 is 0. The summed E-state index contributed by atoms with van der Waals surface area (Å²) in [5.41, 5.74) is 7.03. The van der Waals surface area contributed by atoms with Gasteiger partial charge in [0.1, 0.15) is 11.2 Å². The first kappa shape index (κ1) is 20.7. The third-order valence-corrected chi connectivity index (χ3v) is 10.0. The molecule has 43 heavy (non-hydrogen) atoms. The van der Waals surface area contributed by atoms with E-state index in [1.54, 1.807) is 18.2 Å². The van der Waals surface area contributed by atoms with E-state index in [0.29, 0.717) is 22.4 Å². The largest absolute Gasteiger partial charge is 0.455 e. The Hall–Kier alpha value is -4.17. The van der Waals surface area contributed by atoms with E-state index in [1.165, 1.54) is 17.3 Å². The molecule has 7 rings (SSSR count). The monoisotopic (exact) mass is 570 g/mol. The molecule has 4 aromatic carbocycles. The molecular weight excluding hydrogens is 522 g/mol. The van der Waals surface area contributed by atoms with E-state index in [4.69, 9.17) is 14.0 Å². The minimum Gasteiger partial charge on any atom is -0.455 e. The maximum Gasteiger partial charge on any atom is 0.144 e. The van der Waals surface area contributed by atoms with Crippen molar-refractivity contribution in [1.29, 1.82) is 0 Å². The van der Waals surface area contributed by atoms with E-state index in [-0.39, 0.29) is 39.1 Å². The van der Waals surface area contributed by atoms with Gasteiger partial charge in [-0.1, -0.05) is 109 Å². The van der Waals surface area contributed by atoms with Crippen LogP contribution in [0.5, 0.6) is 0 Å². The van der Waals surface area contributed by atoms with E-state index in [1.807, 2.05) is 39.0 Å². The molecule has 0 radical (unpaired) electrons. The van der Waals surface area contributed by atoms with Crippen LogP contribution in [-0.4, -0.2) is 4.98 Å². The van der Waals surface area contributed by atoms with Crippen molar-refractivity contribution in [2.45, 2.75) is 78.4 Å². The van der Waals surface area contributed by atoms with Crippen LogP contribution in [0.3, 0.4) is 0 Å². The maximum atomic E-state index is 9.07. The fourth-order valence-electron chi connectivity index (χ4n) is 6.78. The van der Waals surface area contributed by atoms with Gasteiger partial charge >= 0.3 is 0 Å². The summed E-state index contributed by atoms with van der Waals surface area (Å²) in [5, 5.41) is 1.87. The molecule has 0 saturated carbocycles. The lowest BCUT2D eigenvalue weighted by Gasteiger charge is -2.48. The smallest absolute Gasteiger partial charge is 0.144 e. The molecule has 1 aliphatic rings. The van der Waals surface area contributed by atoms with Crippen molar-refractivity contribution in [3.05, 3.63) is 113 Å². The molecule has 0 saturated heterocycles. The Morgan fingerprint density at radius 2 is 1.44 bits per heavy atom. The molecular formula is C41H41NO. The molecule has 0 aliphatic heterocycles. The molecule has 0 fully saturated rings. The molecule has 2 nitrogen and oxygen atoms in total. The van der Waals surface area contributed by atoms with Crippen LogP contribution in [0, 0.1) is 13.7 Å². The molecule has 216 valence electrons. The van der Waals surface area contributed by atoms with Gasteiger partial charge in [-0.15, -0.1) is 0 Å². The number of hydrogen-bond donors (Lipinski definition) is 0. The highest BCUT2D eigenvalue weighted by Crippen LogP contribution is 2.56. The van der Waals surface area contributed by atoms with Crippen molar-refractivity contribution in [2.24, 2.45) is 0 Å². The average molecular weight is 571 g/mol. The molecule has 0 N–H and O–H groups in total. The topological polar surface area (TPSA) is 26.0 Å². The minimum atomic E-state index is -2.61. The summed E-state index contributed by atoms with van der Waals surface area (Å²) in [6, 6.07) is 23.5. The van der Waals surface area contributed by atoms with E-state index >= 15 is 0 Å². The van der Waals surface area contributed by atoms with Crippen LogP contribution >= 0.6 is 0 Å². The maximum absolute atomic E-state index is 9.07. The third kappa shape index (κ3) is 3.95. The van der Waals surface area contributed by atoms with Gasteiger partial charge in [-0.25, -0.2) is 0 Å². The number of furan rings is 1. The first-order valence-corrected chi connectivity index (χ1v) is 14.9. The molecule has 0 amide bonds. The Labute approximate surface area is 265 Å². The Balaban J connectivity index is 1.52. The fourth-order valence-corrected chi connectivity index (χ4v) is 6.78. The van der Waals surface area contributed by atoms with Crippen molar-refractivity contribution in [3.63, 3.8) is 0 Å². The molecule has 2 aromatic heterocycles. The van der Waals surface area contributed by atoms with E-state index in [2.05, 4.69) is 69.1 Å². The third-order valence-electron chi connectivity index (χ3n) is 10.0. The molecule has 0 spiro atoms. The quantitative estimate of drug-likeness (QED) is 0.207. The summed E-state index contributed by atoms with van der Waals surface area (Å²) in [5.74, 6) is 0. The molecule has 0 atom stereocenters.